The molecule has 3 N–H and O–H groups in total. The molecular weight excluding hydrogens is 460 g/mol. The van der Waals surface area contributed by atoms with E-state index in [1.54, 1.807) is 25.1 Å². The predicted octanol–water partition coefficient (Wildman–Crippen LogP) is 5.11. The number of hydrogen-bond donors (Lipinski definition) is 3. The average molecular weight is 483 g/mol. The number of benzene rings is 3. The fourth-order valence-electron chi connectivity index (χ4n) is 3.47. The van der Waals surface area contributed by atoms with Gasteiger partial charge in [-0.05, 0) is 44.0 Å². The van der Waals surface area contributed by atoms with Crippen LogP contribution < -0.4 is 4.74 Å². The van der Waals surface area contributed by atoms with Crippen molar-refractivity contribution in [3.8, 4) is 23.2 Å². The van der Waals surface area contributed by atoms with Crippen LogP contribution in [0.15, 0.2) is 63.7 Å². The highest BCUT2D eigenvalue weighted by Crippen LogP contribution is 2.43. The normalized spacial score (nSPS) is 12.0. The van der Waals surface area contributed by atoms with E-state index < -0.39 is 20.8 Å². The van der Waals surface area contributed by atoms with E-state index in [0.717, 1.165) is 17.2 Å². The Labute approximate surface area is 195 Å². The zero-order valence-corrected chi connectivity index (χ0v) is 19.4. The molecule has 0 aliphatic rings. The van der Waals surface area contributed by atoms with Crippen molar-refractivity contribution in [1.82, 2.24) is 9.78 Å². The first kappa shape index (κ1) is 23.2. The second-order valence-corrected chi connectivity index (χ2v) is 8.94. The molecule has 4 rings (SSSR count). The number of aryl methyl sites for hydroxylation is 2. The van der Waals surface area contributed by atoms with Crippen molar-refractivity contribution >= 4 is 32.3 Å². The van der Waals surface area contributed by atoms with Crippen LogP contribution in [0.5, 0.6) is 17.5 Å². The van der Waals surface area contributed by atoms with E-state index >= 15 is 0 Å². The van der Waals surface area contributed by atoms with Crippen LogP contribution in [0.2, 0.25) is 0 Å². The van der Waals surface area contributed by atoms with E-state index in [-0.39, 0.29) is 40.5 Å². The quantitative estimate of drug-likeness (QED) is 0.255. The lowest BCUT2D eigenvalue weighted by Crippen LogP contribution is -1.99. The second kappa shape index (κ2) is 8.76. The molecule has 0 radical (unpaired) electrons. The molecule has 4 aromatic rings. The zero-order chi connectivity index (χ0) is 24.6. The Morgan fingerprint density at radius 3 is 2.29 bits per heavy atom. The maximum Gasteiger partial charge on any atom is 0.295 e. The molecule has 0 aliphatic heterocycles. The molecule has 1 heterocycles. The number of azo groups is 1. The molecule has 34 heavy (non-hydrogen) atoms. The number of rotatable bonds is 6. The molecule has 0 fully saturated rings. The first-order valence-corrected chi connectivity index (χ1v) is 11.7. The molecule has 0 amide bonds. The summed E-state index contributed by atoms with van der Waals surface area (Å²) in [5.41, 5.74) is 2.56. The Morgan fingerprint density at radius 2 is 1.65 bits per heavy atom. The van der Waals surface area contributed by atoms with Gasteiger partial charge in [0.1, 0.15) is 16.3 Å². The molecule has 0 saturated heterocycles. The number of hydrogen-bond acceptors (Lipinski definition) is 8. The molecule has 1 aromatic heterocycles. The maximum absolute atomic E-state index is 11.8. The minimum absolute atomic E-state index is 0.0281. The first-order chi connectivity index (χ1) is 16.1. The SMILES string of the molecule is CCOc1nn(-c2ccc(C)c(C)c2)c(O)c1N=Nc1c(O)cc(S(=O)(=O)O)c2ccccc12. The Balaban J connectivity index is 1.87. The van der Waals surface area contributed by atoms with Crippen LogP contribution in [0.25, 0.3) is 16.5 Å². The predicted molar refractivity (Wildman–Crippen MR) is 125 cm³/mol. The van der Waals surface area contributed by atoms with Gasteiger partial charge in [0, 0.05) is 16.8 Å². The summed E-state index contributed by atoms with van der Waals surface area (Å²) < 4.78 is 39.9. The van der Waals surface area contributed by atoms with Crippen LogP contribution in [0, 0.1) is 13.8 Å². The molecule has 10 nitrogen and oxygen atoms in total. The molecule has 176 valence electrons. The Hall–Kier alpha value is -3.96. The summed E-state index contributed by atoms with van der Waals surface area (Å²) in [6.07, 6.45) is 0. The van der Waals surface area contributed by atoms with E-state index in [9.17, 15) is 23.2 Å². The van der Waals surface area contributed by atoms with Crippen molar-refractivity contribution < 1.29 is 27.9 Å². The van der Waals surface area contributed by atoms with Crippen molar-refractivity contribution in [3.05, 3.63) is 59.7 Å². The minimum atomic E-state index is -4.60. The fraction of sp³-hybridized carbons (Fsp3) is 0.174. The molecule has 0 unspecified atom stereocenters. The van der Waals surface area contributed by atoms with Crippen LogP contribution >= 0.6 is 0 Å². The van der Waals surface area contributed by atoms with Gasteiger partial charge >= 0.3 is 0 Å². The minimum Gasteiger partial charge on any atom is -0.506 e. The topological polar surface area (TPSA) is 147 Å². The van der Waals surface area contributed by atoms with Gasteiger partial charge in [-0.3, -0.25) is 4.55 Å². The molecule has 0 bridgehead atoms. The van der Waals surface area contributed by atoms with Crippen molar-refractivity contribution in [1.29, 1.82) is 0 Å². The van der Waals surface area contributed by atoms with Gasteiger partial charge in [0.15, 0.2) is 0 Å². The van der Waals surface area contributed by atoms with Gasteiger partial charge in [-0.2, -0.15) is 13.1 Å². The lowest BCUT2D eigenvalue weighted by molar-refractivity contribution is 0.325. The third-order valence-corrected chi connectivity index (χ3v) is 6.20. The van der Waals surface area contributed by atoms with Gasteiger partial charge in [-0.25, -0.2) is 0 Å². The van der Waals surface area contributed by atoms with Crippen molar-refractivity contribution in [2.75, 3.05) is 6.61 Å². The van der Waals surface area contributed by atoms with E-state index in [1.807, 2.05) is 26.0 Å². The lowest BCUT2D eigenvalue weighted by atomic mass is 10.1. The number of fused-ring (bicyclic) bond motifs is 1. The summed E-state index contributed by atoms with van der Waals surface area (Å²) in [4.78, 5) is -0.458. The molecule has 11 heteroatoms. The Morgan fingerprint density at radius 1 is 0.971 bits per heavy atom. The summed E-state index contributed by atoms with van der Waals surface area (Å²) in [6, 6.07) is 12.6. The number of nitrogens with zero attached hydrogens (tertiary/aromatic N) is 4. The highest BCUT2D eigenvalue weighted by atomic mass is 32.2. The molecule has 0 spiro atoms. The summed E-state index contributed by atoms with van der Waals surface area (Å²) in [5, 5.41) is 34.2. The van der Waals surface area contributed by atoms with E-state index in [4.69, 9.17) is 4.74 Å². The molecular formula is C23H22N4O6S. The third-order valence-electron chi connectivity index (χ3n) is 5.31. The van der Waals surface area contributed by atoms with Crippen LogP contribution in [-0.2, 0) is 10.1 Å². The number of phenolic OH excluding ortho intramolecular Hbond substituents is 1. The maximum atomic E-state index is 11.8. The lowest BCUT2D eigenvalue weighted by Gasteiger charge is -2.08. The second-order valence-electron chi connectivity index (χ2n) is 7.55. The van der Waals surface area contributed by atoms with Gasteiger partial charge in [0.2, 0.25) is 11.6 Å². The summed E-state index contributed by atoms with van der Waals surface area (Å²) >= 11 is 0. The summed E-state index contributed by atoms with van der Waals surface area (Å²) in [6.45, 7) is 5.91. The highest BCUT2D eigenvalue weighted by molar-refractivity contribution is 7.86. The van der Waals surface area contributed by atoms with Crippen molar-refractivity contribution in [2.45, 2.75) is 25.7 Å². The zero-order valence-electron chi connectivity index (χ0n) is 18.6. The van der Waals surface area contributed by atoms with E-state index in [2.05, 4.69) is 15.3 Å². The highest BCUT2D eigenvalue weighted by Gasteiger charge is 2.22. The molecule has 0 saturated carbocycles. The van der Waals surface area contributed by atoms with Gasteiger partial charge in [0.25, 0.3) is 16.0 Å². The van der Waals surface area contributed by atoms with Gasteiger partial charge in [-0.1, -0.05) is 30.3 Å². The van der Waals surface area contributed by atoms with Crippen LogP contribution in [0.1, 0.15) is 18.1 Å². The molecule has 0 aliphatic carbocycles. The summed E-state index contributed by atoms with van der Waals surface area (Å²) in [7, 11) is -4.60. The van der Waals surface area contributed by atoms with E-state index in [1.165, 1.54) is 16.8 Å². The van der Waals surface area contributed by atoms with Gasteiger partial charge in [-0.15, -0.1) is 15.3 Å². The van der Waals surface area contributed by atoms with Crippen molar-refractivity contribution in [3.63, 3.8) is 0 Å². The van der Waals surface area contributed by atoms with Gasteiger partial charge < -0.3 is 14.9 Å². The monoisotopic (exact) mass is 482 g/mol. The standard InChI is InChI=1S/C23H22N4O6S/c1-4-33-22-21(23(29)27(26-22)15-10-9-13(2)14(3)11-15)25-24-20-17-8-6-5-7-16(17)19(12-18(20)28)34(30,31)32/h5-12,28-29H,4H2,1-3H3,(H,30,31,32). The third kappa shape index (κ3) is 4.18. The van der Waals surface area contributed by atoms with E-state index in [0.29, 0.717) is 5.69 Å². The van der Waals surface area contributed by atoms with Crippen LogP contribution in [-0.4, -0.2) is 39.6 Å². The summed E-state index contributed by atoms with van der Waals surface area (Å²) in [5.74, 6) is -0.816. The number of ether oxygens (including phenoxy) is 1. The smallest absolute Gasteiger partial charge is 0.295 e. The molecule has 3 aromatic carbocycles. The first-order valence-electron chi connectivity index (χ1n) is 10.3. The van der Waals surface area contributed by atoms with Crippen LogP contribution in [0.4, 0.5) is 11.4 Å². The van der Waals surface area contributed by atoms with Gasteiger partial charge in [0.05, 0.1) is 12.3 Å². The largest absolute Gasteiger partial charge is 0.506 e. The number of phenols is 1. The molecule has 0 atom stereocenters. The number of aromatic hydroxyl groups is 2. The fourth-order valence-corrected chi connectivity index (χ4v) is 4.19. The van der Waals surface area contributed by atoms with Crippen LogP contribution in [0.3, 0.4) is 0 Å². The number of aromatic nitrogens is 2. The Bertz CT molecular complexity index is 1540. The Kier molecular flexibility index (Phi) is 5.98. The average Bonchev–Trinajstić information content (AvgIpc) is 3.09. The van der Waals surface area contributed by atoms with Crippen molar-refractivity contribution in [2.24, 2.45) is 10.2 Å².